The Morgan fingerprint density at radius 1 is 1.24 bits per heavy atom. The van der Waals surface area contributed by atoms with Crippen LogP contribution in [0.1, 0.15) is 6.92 Å². The summed E-state index contributed by atoms with van der Waals surface area (Å²) in [6, 6.07) is 1.17. The zero-order chi connectivity index (χ0) is 18.9. The molecule has 1 aromatic rings. The van der Waals surface area contributed by atoms with E-state index in [9.17, 15) is 20.1 Å². The largest absolute Gasteiger partial charge is 0.394 e. The maximum Gasteiger partial charge on any atom is 0.224 e. The van der Waals surface area contributed by atoms with Crippen molar-refractivity contribution in [3.05, 3.63) is 22.2 Å². The summed E-state index contributed by atoms with van der Waals surface area (Å²) in [5.41, 5.74) is 1.93. The standard InChI is InChI=1S/C14H18Cl2N2O7/c1-5(20)18(6-2-7(15)10(17-24)8(16)3-6)11-13(22)12(21)9(4-19)25-14(11)23/h2-3,9,11-14,17,19,21-24H,4H2,1H3/t9-,11-,12-,13-,14-/m1/s1. The molecular formula is C14H18Cl2N2O7. The molecule has 25 heavy (non-hydrogen) atoms. The molecule has 0 aromatic heterocycles. The molecule has 0 saturated carbocycles. The molecule has 1 aliphatic heterocycles. The fraction of sp³-hybridized carbons (Fsp3) is 0.500. The monoisotopic (exact) mass is 396 g/mol. The molecule has 1 amide bonds. The van der Waals surface area contributed by atoms with E-state index in [4.69, 9.17) is 38.3 Å². The van der Waals surface area contributed by atoms with Gasteiger partial charge in [0.25, 0.3) is 0 Å². The van der Waals surface area contributed by atoms with Gasteiger partial charge in [0.2, 0.25) is 5.91 Å². The number of ether oxygens (including phenoxy) is 1. The van der Waals surface area contributed by atoms with E-state index in [1.165, 1.54) is 19.1 Å². The van der Waals surface area contributed by atoms with E-state index in [1.54, 1.807) is 0 Å². The number of aliphatic hydroxyl groups is 4. The molecule has 0 unspecified atom stereocenters. The second-order valence-corrected chi connectivity index (χ2v) is 6.32. The summed E-state index contributed by atoms with van der Waals surface area (Å²) in [4.78, 5) is 13.1. The molecule has 140 valence electrons. The molecule has 1 aliphatic rings. The number of hydrogen-bond donors (Lipinski definition) is 6. The van der Waals surface area contributed by atoms with E-state index in [-0.39, 0.29) is 21.4 Å². The van der Waals surface area contributed by atoms with E-state index in [0.717, 1.165) is 4.90 Å². The van der Waals surface area contributed by atoms with Crippen LogP contribution in [-0.2, 0) is 9.53 Å². The van der Waals surface area contributed by atoms with Crippen LogP contribution in [0.15, 0.2) is 12.1 Å². The van der Waals surface area contributed by atoms with Crippen molar-refractivity contribution in [2.24, 2.45) is 0 Å². The Balaban J connectivity index is 2.46. The molecule has 0 bridgehead atoms. The summed E-state index contributed by atoms with van der Waals surface area (Å²) in [6.07, 6.45) is -6.04. The quantitative estimate of drug-likeness (QED) is 0.388. The lowest BCUT2D eigenvalue weighted by molar-refractivity contribution is -0.249. The molecular weight excluding hydrogens is 379 g/mol. The van der Waals surface area contributed by atoms with Gasteiger partial charge >= 0.3 is 0 Å². The molecule has 1 saturated heterocycles. The number of halogens is 2. The molecule has 6 N–H and O–H groups in total. The number of aliphatic hydroxyl groups excluding tert-OH is 4. The first-order chi connectivity index (χ1) is 11.7. The first-order valence-electron chi connectivity index (χ1n) is 7.22. The maximum absolute atomic E-state index is 12.1. The molecule has 1 aromatic carbocycles. The zero-order valence-electron chi connectivity index (χ0n) is 13.0. The van der Waals surface area contributed by atoms with Crippen LogP contribution in [0.4, 0.5) is 11.4 Å². The van der Waals surface area contributed by atoms with Gasteiger partial charge in [0, 0.05) is 12.6 Å². The number of hydrogen-bond acceptors (Lipinski definition) is 8. The van der Waals surface area contributed by atoms with Crippen molar-refractivity contribution in [3.63, 3.8) is 0 Å². The van der Waals surface area contributed by atoms with Crippen molar-refractivity contribution in [2.75, 3.05) is 17.0 Å². The smallest absolute Gasteiger partial charge is 0.224 e. The third kappa shape index (κ3) is 3.83. The second kappa shape index (κ2) is 8.02. The SMILES string of the molecule is CC(=O)N(c1cc(Cl)c(NO)c(Cl)c1)[C@@H]1[C@@H](O)[C@H](O)[C@@H](CO)O[C@H]1O. The Labute approximate surface area is 152 Å². The van der Waals surface area contributed by atoms with Crippen molar-refractivity contribution in [3.8, 4) is 0 Å². The number of nitrogens with zero attached hydrogens (tertiary/aromatic N) is 1. The normalized spacial score (nSPS) is 29.4. The van der Waals surface area contributed by atoms with Crippen LogP contribution in [0.3, 0.4) is 0 Å². The Morgan fingerprint density at radius 3 is 2.24 bits per heavy atom. The third-order valence-electron chi connectivity index (χ3n) is 3.92. The Kier molecular flexibility index (Phi) is 6.46. The number of anilines is 2. The van der Waals surface area contributed by atoms with E-state index in [1.807, 2.05) is 5.48 Å². The summed E-state index contributed by atoms with van der Waals surface area (Å²) in [6.45, 7) is 0.542. The molecule has 0 spiro atoms. The van der Waals surface area contributed by atoms with Crippen LogP contribution in [0.5, 0.6) is 0 Å². The first kappa shape index (κ1) is 20.1. The van der Waals surface area contributed by atoms with Crippen LogP contribution in [-0.4, -0.2) is 68.8 Å². The molecule has 0 aliphatic carbocycles. The van der Waals surface area contributed by atoms with E-state index >= 15 is 0 Å². The zero-order valence-corrected chi connectivity index (χ0v) is 14.5. The first-order valence-corrected chi connectivity index (χ1v) is 7.98. The van der Waals surface area contributed by atoms with Crippen molar-refractivity contribution in [1.29, 1.82) is 0 Å². The van der Waals surface area contributed by atoms with Crippen LogP contribution < -0.4 is 10.4 Å². The highest BCUT2D eigenvalue weighted by atomic mass is 35.5. The highest BCUT2D eigenvalue weighted by Crippen LogP contribution is 2.37. The molecule has 5 atom stereocenters. The molecule has 1 fully saturated rings. The van der Waals surface area contributed by atoms with E-state index in [0.29, 0.717) is 0 Å². The molecule has 9 nitrogen and oxygen atoms in total. The third-order valence-corrected chi connectivity index (χ3v) is 4.52. The van der Waals surface area contributed by atoms with Crippen LogP contribution in [0, 0.1) is 0 Å². The second-order valence-electron chi connectivity index (χ2n) is 5.50. The summed E-state index contributed by atoms with van der Waals surface area (Å²) in [5, 5.41) is 48.6. The summed E-state index contributed by atoms with van der Waals surface area (Å²) in [5.74, 6) is -0.599. The average Bonchev–Trinajstić information content (AvgIpc) is 2.54. The highest BCUT2D eigenvalue weighted by Gasteiger charge is 2.47. The Bertz CT molecular complexity index is 625. The lowest BCUT2D eigenvalue weighted by atomic mass is 9.95. The lowest BCUT2D eigenvalue weighted by Gasteiger charge is -2.44. The predicted octanol–water partition coefficient (Wildman–Crippen LogP) is -0.0527. The lowest BCUT2D eigenvalue weighted by Crippen LogP contribution is -2.65. The van der Waals surface area contributed by atoms with Gasteiger partial charge in [-0.05, 0) is 12.1 Å². The van der Waals surface area contributed by atoms with Gasteiger partial charge in [-0.15, -0.1) is 0 Å². The number of nitrogens with one attached hydrogen (secondary N) is 1. The van der Waals surface area contributed by atoms with Gasteiger partial charge in [0.15, 0.2) is 6.29 Å². The Morgan fingerprint density at radius 2 is 1.80 bits per heavy atom. The summed E-state index contributed by atoms with van der Waals surface area (Å²) < 4.78 is 5.07. The van der Waals surface area contributed by atoms with Gasteiger partial charge < -0.3 is 30.1 Å². The topological polar surface area (TPSA) is 143 Å². The minimum atomic E-state index is -1.69. The predicted molar refractivity (Wildman–Crippen MR) is 88.8 cm³/mol. The number of carbonyl (C=O) groups is 1. The number of rotatable bonds is 4. The van der Waals surface area contributed by atoms with Crippen molar-refractivity contribution in [2.45, 2.75) is 37.6 Å². The van der Waals surface area contributed by atoms with Gasteiger partial charge in [-0.2, -0.15) is 0 Å². The van der Waals surface area contributed by atoms with Gasteiger partial charge in [0.05, 0.1) is 22.3 Å². The van der Waals surface area contributed by atoms with Crippen LogP contribution in [0.25, 0.3) is 0 Å². The number of benzene rings is 1. The number of amides is 1. The van der Waals surface area contributed by atoms with Gasteiger partial charge in [-0.3, -0.25) is 15.5 Å². The number of carbonyl (C=O) groups excluding carboxylic acids is 1. The van der Waals surface area contributed by atoms with E-state index in [2.05, 4.69) is 0 Å². The van der Waals surface area contributed by atoms with Crippen LogP contribution >= 0.6 is 23.2 Å². The summed E-state index contributed by atoms with van der Waals surface area (Å²) >= 11 is 12.0. The van der Waals surface area contributed by atoms with Crippen LogP contribution in [0.2, 0.25) is 10.0 Å². The average molecular weight is 397 g/mol. The molecule has 2 rings (SSSR count). The fourth-order valence-electron chi connectivity index (χ4n) is 2.73. The van der Waals surface area contributed by atoms with Gasteiger partial charge in [0.1, 0.15) is 24.4 Å². The van der Waals surface area contributed by atoms with Crippen molar-refractivity contribution >= 4 is 40.5 Å². The van der Waals surface area contributed by atoms with E-state index < -0.39 is 43.2 Å². The van der Waals surface area contributed by atoms with Crippen molar-refractivity contribution < 1.29 is 35.2 Å². The van der Waals surface area contributed by atoms with Crippen molar-refractivity contribution in [1.82, 2.24) is 0 Å². The summed E-state index contributed by atoms with van der Waals surface area (Å²) in [7, 11) is 0. The van der Waals surface area contributed by atoms with Gasteiger partial charge in [-0.1, -0.05) is 23.2 Å². The molecule has 0 radical (unpaired) electrons. The Hall–Kier alpha value is -1.17. The minimum absolute atomic E-state index is 0.0111. The minimum Gasteiger partial charge on any atom is -0.394 e. The maximum atomic E-state index is 12.1. The van der Waals surface area contributed by atoms with Gasteiger partial charge in [-0.25, -0.2) is 0 Å². The molecule has 11 heteroatoms. The molecule has 1 heterocycles. The fourth-order valence-corrected chi connectivity index (χ4v) is 3.29. The highest BCUT2D eigenvalue weighted by molar-refractivity contribution is 6.39.